The molecule has 1 N–H and O–H groups in total. The fourth-order valence-corrected chi connectivity index (χ4v) is 3.72. The highest BCUT2D eigenvalue weighted by atomic mass is 35.5. The lowest BCUT2D eigenvalue weighted by atomic mass is 10.0. The number of nitrogens with zero attached hydrogens (tertiary/aromatic N) is 2. The quantitative estimate of drug-likeness (QED) is 0.367. The number of rotatable bonds is 6. The molecule has 0 spiro atoms. The van der Waals surface area contributed by atoms with E-state index in [4.69, 9.17) is 28.2 Å². The molecule has 1 heterocycles. The van der Waals surface area contributed by atoms with Gasteiger partial charge in [-0.25, -0.2) is 4.98 Å². The molecule has 0 aliphatic heterocycles. The lowest BCUT2D eigenvalue weighted by molar-refractivity contribution is -0.137. The lowest BCUT2D eigenvalue weighted by Gasteiger charge is -2.13. The van der Waals surface area contributed by atoms with E-state index in [1.165, 1.54) is 0 Å². The number of benzene rings is 3. The molecule has 1 aromatic heterocycles. The summed E-state index contributed by atoms with van der Waals surface area (Å²) in [6.45, 7) is 0.273. The Labute approximate surface area is 184 Å². The molecule has 4 aromatic rings. The van der Waals surface area contributed by atoms with E-state index >= 15 is 0 Å². The number of halogens is 2. The topological polar surface area (TPSA) is 55.1 Å². The Balaban J connectivity index is 2.00. The van der Waals surface area contributed by atoms with Gasteiger partial charge in [-0.2, -0.15) is 0 Å². The van der Waals surface area contributed by atoms with Gasteiger partial charge in [-0.15, -0.1) is 0 Å². The first-order chi connectivity index (χ1) is 14.5. The van der Waals surface area contributed by atoms with Crippen molar-refractivity contribution in [3.8, 4) is 33.9 Å². The number of carbonyl (C=O) groups is 1. The van der Waals surface area contributed by atoms with Crippen LogP contribution < -0.4 is 0 Å². The number of carboxylic acids is 1. The van der Waals surface area contributed by atoms with Crippen molar-refractivity contribution < 1.29 is 9.90 Å². The number of hydrogen-bond donors (Lipinski definition) is 1. The van der Waals surface area contributed by atoms with Gasteiger partial charge < -0.3 is 9.67 Å². The average molecular weight is 437 g/mol. The second kappa shape index (κ2) is 8.74. The van der Waals surface area contributed by atoms with E-state index in [1.54, 1.807) is 12.1 Å². The van der Waals surface area contributed by atoms with Gasteiger partial charge in [0.2, 0.25) is 0 Å². The molecule has 0 atom stereocenters. The molecule has 0 amide bonds. The maximum atomic E-state index is 11.4. The van der Waals surface area contributed by atoms with E-state index < -0.39 is 5.97 Å². The molecule has 4 rings (SSSR count). The van der Waals surface area contributed by atoms with E-state index in [-0.39, 0.29) is 13.0 Å². The van der Waals surface area contributed by atoms with Gasteiger partial charge in [-0.1, -0.05) is 83.9 Å². The maximum absolute atomic E-state index is 11.4. The number of hydrogen-bond acceptors (Lipinski definition) is 2. The van der Waals surface area contributed by atoms with E-state index in [0.717, 1.165) is 28.1 Å². The summed E-state index contributed by atoms with van der Waals surface area (Å²) in [6.07, 6.45) is -0.0290. The van der Waals surface area contributed by atoms with Crippen LogP contribution in [0, 0.1) is 0 Å². The summed E-state index contributed by atoms with van der Waals surface area (Å²) in [5.41, 5.74) is 4.33. The molecule has 0 unspecified atom stereocenters. The average Bonchev–Trinajstić information content (AvgIpc) is 3.15. The second-order valence-corrected chi connectivity index (χ2v) is 7.60. The van der Waals surface area contributed by atoms with E-state index in [2.05, 4.69) is 0 Å². The molecule has 6 heteroatoms. The van der Waals surface area contributed by atoms with Crippen LogP contribution in [0.25, 0.3) is 33.9 Å². The first-order valence-electron chi connectivity index (χ1n) is 9.43. The molecular weight excluding hydrogens is 419 g/mol. The first-order valence-corrected chi connectivity index (χ1v) is 10.2. The molecular formula is C24H18Cl2N2O2. The molecule has 0 fully saturated rings. The van der Waals surface area contributed by atoms with Crippen LogP contribution in [0.15, 0.2) is 78.9 Å². The Morgan fingerprint density at radius 1 is 0.833 bits per heavy atom. The van der Waals surface area contributed by atoms with E-state index in [9.17, 15) is 9.90 Å². The fourth-order valence-electron chi connectivity index (χ4n) is 3.42. The Morgan fingerprint density at radius 3 is 2.07 bits per heavy atom. The molecule has 0 radical (unpaired) electrons. The van der Waals surface area contributed by atoms with Gasteiger partial charge >= 0.3 is 5.97 Å². The SMILES string of the molecule is O=C(O)CCn1c(-c2ccc(Cl)c(Cl)c2)nc(-c2ccccc2)c1-c1ccccc1. The lowest BCUT2D eigenvalue weighted by Crippen LogP contribution is -2.07. The van der Waals surface area contributed by atoms with Gasteiger partial charge in [-0.3, -0.25) is 4.79 Å². The highest BCUT2D eigenvalue weighted by Gasteiger charge is 2.22. The Morgan fingerprint density at radius 2 is 1.47 bits per heavy atom. The zero-order valence-corrected chi connectivity index (χ0v) is 17.4. The fraction of sp³-hybridized carbons (Fsp3) is 0.0833. The van der Waals surface area contributed by atoms with Crippen LogP contribution in [-0.4, -0.2) is 20.6 Å². The zero-order chi connectivity index (χ0) is 21.1. The summed E-state index contributed by atoms with van der Waals surface area (Å²) in [5, 5.41) is 10.2. The molecule has 0 aliphatic carbocycles. The monoisotopic (exact) mass is 436 g/mol. The number of aromatic nitrogens is 2. The molecule has 3 aromatic carbocycles. The summed E-state index contributed by atoms with van der Waals surface area (Å²) in [7, 11) is 0. The minimum absolute atomic E-state index is 0.0290. The van der Waals surface area contributed by atoms with Crippen LogP contribution in [0.4, 0.5) is 0 Å². The summed E-state index contributed by atoms with van der Waals surface area (Å²) in [4.78, 5) is 16.3. The van der Waals surface area contributed by atoms with Crippen molar-refractivity contribution in [2.75, 3.05) is 0 Å². The van der Waals surface area contributed by atoms with Crippen molar-refractivity contribution in [2.24, 2.45) is 0 Å². The predicted octanol–water partition coefficient (Wildman–Crippen LogP) is 6.67. The predicted molar refractivity (Wildman–Crippen MR) is 121 cm³/mol. The molecule has 4 nitrogen and oxygen atoms in total. The number of imidazole rings is 1. The van der Waals surface area contributed by atoms with Crippen LogP contribution >= 0.6 is 23.2 Å². The Kier molecular flexibility index (Phi) is 5.88. The largest absolute Gasteiger partial charge is 0.481 e. The van der Waals surface area contributed by atoms with Crippen molar-refractivity contribution in [2.45, 2.75) is 13.0 Å². The highest BCUT2D eigenvalue weighted by Crippen LogP contribution is 2.37. The molecule has 0 saturated heterocycles. The smallest absolute Gasteiger partial charge is 0.305 e. The first kappa shape index (κ1) is 20.2. The van der Waals surface area contributed by atoms with Crippen LogP contribution in [0.1, 0.15) is 6.42 Å². The van der Waals surface area contributed by atoms with Crippen LogP contribution in [0.2, 0.25) is 10.0 Å². The minimum atomic E-state index is -0.871. The van der Waals surface area contributed by atoms with Crippen molar-refractivity contribution in [1.29, 1.82) is 0 Å². The molecule has 30 heavy (non-hydrogen) atoms. The van der Waals surface area contributed by atoms with Crippen molar-refractivity contribution in [3.63, 3.8) is 0 Å². The second-order valence-electron chi connectivity index (χ2n) is 6.79. The normalized spacial score (nSPS) is 10.9. The van der Waals surface area contributed by atoms with Gasteiger partial charge in [0, 0.05) is 23.2 Å². The maximum Gasteiger partial charge on any atom is 0.305 e. The van der Waals surface area contributed by atoms with Crippen molar-refractivity contribution >= 4 is 29.2 Å². The van der Waals surface area contributed by atoms with Crippen LogP contribution in [-0.2, 0) is 11.3 Å². The molecule has 150 valence electrons. The Hall–Kier alpha value is -3.08. The van der Waals surface area contributed by atoms with Gasteiger partial charge in [0.15, 0.2) is 0 Å². The van der Waals surface area contributed by atoms with Gasteiger partial charge in [0.1, 0.15) is 5.82 Å². The summed E-state index contributed by atoms with van der Waals surface area (Å²) in [5.74, 6) is -0.225. The van der Waals surface area contributed by atoms with Crippen LogP contribution in [0.5, 0.6) is 0 Å². The van der Waals surface area contributed by atoms with Gasteiger partial charge in [0.25, 0.3) is 0 Å². The summed E-state index contributed by atoms with van der Waals surface area (Å²) in [6, 6.07) is 25.0. The van der Waals surface area contributed by atoms with Crippen molar-refractivity contribution in [1.82, 2.24) is 9.55 Å². The number of aliphatic carboxylic acids is 1. The van der Waals surface area contributed by atoms with Crippen LogP contribution in [0.3, 0.4) is 0 Å². The summed E-state index contributed by atoms with van der Waals surface area (Å²) >= 11 is 12.4. The third-order valence-corrected chi connectivity index (χ3v) is 5.53. The third-order valence-electron chi connectivity index (χ3n) is 4.79. The molecule has 0 bridgehead atoms. The van der Waals surface area contributed by atoms with Gasteiger partial charge in [0.05, 0.1) is 27.9 Å². The van der Waals surface area contributed by atoms with E-state index in [1.807, 2.05) is 71.3 Å². The van der Waals surface area contributed by atoms with Crippen molar-refractivity contribution in [3.05, 3.63) is 88.9 Å². The number of carboxylic acid groups (broad SMARTS) is 1. The standard InChI is InChI=1S/C24H18Cl2N2O2/c25-19-12-11-18(15-20(19)26)24-27-22(16-7-3-1-4-8-16)23(17-9-5-2-6-10-17)28(24)14-13-21(29)30/h1-12,15H,13-14H2,(H,29,30). The zero-order valence-electron chi connectivity index (χ0n) is 15.9. The Bertz CT molecular complexity index is 1190. The molecule has 0 saturated carbocycles. The highest BCUT2D eigenvalue weighted by molar-refractivity contribution is 6.42. The van der Waals surface area contributed by atoms with E-state index in [0.29, 0.717) is 15.9 Å². The van der Waals surface area contributed by atoms with Gasteiger partial charge in [-0.05, 0) is 18.2 Å². The molecule has 0 aliphatic rings. The minimum Gasteiger partial charge on any atom is -0.481 e. The summed E-state index contributed by atoms with van der Waals surface area (Å²) < 4.78 is 1.95. The third kappa shape index (κ3) is 4.11.